The first-order valence-corrected chi connectivity index (χ1v) is 9.89. The number of unbranched alkanes of at least 4 members (excludes halogenated alkanes) is 5. The Kier molecular flexibility index (Phi) is 8.58. The number of hydrogen-bond acceptors (Lipinski definition) is 2. The van der Waals surface area contributed by atoms with E-state index in [1.807, 2.05) is 12.1 Å². The maximum Gasteiger partial charge on any atom is 0.344 e. The molecule has 0 heterocycles. The average Bonchev–Trinajstić information content (AvgIpc) is 2.64. The molecule has 0 spiro atoms. The molecule has 1 unspecified atom stereocenters. The molecular formula is C22H32O3. The van der Waals surface area contributed by atoms with Crippen LogP contribution in [0.5, 0.6) is 5.75 Å². The zero-order valence-corrected chi connectivity index (χ0v) is 15.5. The van der Waals surface area contributed by atoms with E-state index in [1.165, 1.54) is 49.7 Å². The Hall–Kier alpha value is -1.77. The molecule has 1 aliphatic carbocycles. The smallest absolute Gasteiger partial charge is 0.344 e. The van der Waals surface area contributed by atoms with E-state index >= 15 is 0 Å². The highest BCUT2D eigenvalue weighted by atomic mass is 16.5. The van der Waals surface area contributed by atoms with Gasteiger partial charge in [0, 0.05) is 0 Å². The SMILES string of the molecule is CCCCCCCCC(Oc1ccc(C2=CCCCC2)cc1)C(=O)O. The number of carbonyl (C=O) groups is 1. The van der Waals surface area contributed by atoms with E-state index in [4.69, 9.17) is 4.74 Å². The Morgan fingerprint density at radius 2 is 1.80 bits per heavy atom. The van der Waals surface area contributed by atoms with Crippen molar-refractivity contribution in [3.8, 4) is 5.75 Å². The molecule has 138 valence electrons. The summed E-state index contributed by atoms with van der Waals surface area (Å²) >= 11 is 0. The normalized spacial score (nSPS) is 15.5. The van der Waals surface area contributed by atoms with Gasteiger partial charge in [0.25, 0.3) is 0 Å². The predicted octanol–water partition coefficient (Wildman–Crippen LogP) is 6.23. The lowest BCUT2D eigenvalue weighted by atomic mass is 9.94. The third-order valence-electron chi connectivity index (χ3n) is 4.89. The molecule has 3 nitrogen and oxygen atoms in total. The van der Waals surface area contributed by atoms with Gasteiger partial charge in [-0.1, -0.05) is 57.2 Å². The summed E-state index contributed by atoms with van der Waals surface area (Å²) in [4.78, 5) is 11.5. The molecule has 0 bridgehead atoms. The van der Waals surface area contributed by atoms with Gasteiger partial charge >= 0.3 is 5.97 Å². The number of rotatable bonds is 11. The van der Waals surface area contributed by atoms with E-state index < -0.39 is 12.1 Å². The second-order valence-electron chi connectivity index (χ2n) is 7.00. The number of carboxylic acid groups (broad SMARTS) is 1. The number of carboxylic acids is 1. The quantitative estimate of drug-likeness (QED) is 0.484. The fourth-order valence-electron chi connectivity index (χ4n) is 3.36. The topological polar surface area (TPSA) is 46.5 Å². The maximum atomic E-state index is 11.5. The van der Waals surface area contributed by atoms with Crippen molar-refractivity contribution < 1.29 is 14.6 Å². The molecule has 0 radical (unpaired) electrons. The van der Waals surface area contributed by atoms with E-state index in [0.717, 1.165) is 25.7 Å². The minimum Gasteiger partial charge on any atom is -0.479 e. The van der Waals surface area contributed by atoms with Crippen LogP contribution in [0.4, 0.5) is 0 Å². The minimum atomic E-state index is -0.868. The first-order valence-electron chi connectivity index (χ1n) is 9.89. The Morgan fingerprint density at radius 1 is 1.08 bits per heavy atom. The molecule has 0 amide bonds. The van der Waals surface area contributed by atoms with Gasteiger partial charge in [0.05, 0.1) is 0 Å². The number of ether oxygens (including phenoxy) is 1. The van der Waals surface area contributed by atoms with Crippen molar-refractivity contribution in [3.63, 3.8) is 0 Å². The van der Waals surface area contributed by atoms with E-state index in [-0.39, 0.29) is 0 Å². The van der Waals surface area contributed by atoms with Gasteiger partial charge in [-0.15, -0.1) is 0 Å². The fraction of sp³-hybridized carbons (Fsp3) is 0.591. The molecule has 1 N–H and O–H groups in total. The van der Waals surface area contributed by atoms with Crippen molar-refractivity contribution in [2.45, 2.75) is 83.7 Å². The van der Waals surface area contributed by atoms with Gasteiger partial charge in [-0.3, -0.25) is 0 Å². The molecule has 1 aromatic carbocycles. The van der Waals surface area contributed by atoms with Crippen LogP contribution >= 0.6 is 0 Å². The van der Waals surface area contributed by atoms with E-state index in [9.17, 15) is 9.90 Å². The number of aliphatic carboxylic acids is 1. The van der Waals surface area contributed by atoms with Crippen LogP contribution in [0, 0.1) is 0 Å². The summed E-state index contributed by atoms with van der Waals surface area (Å²) in [6.45, 7) is 2.20. The molecular weight excluding hydrogens is 312 g/mol. The van der Waals surface area contributed by atoms with Crippen LogP contribution in [-0.4, -0.2) is 17.2 Å². The van der Waals surface area contributed by atoms with Gasteiger partial charge in [0.1, 0.15) is 5.75 Å². The highest BCUT2D eigenvalue weighted by Gasteiger charge is 2.19. The molecule has 3 heteroatoms. The zero-order chi connectivity index (χ0) is 17.9. The summed E-state index contributed by atoms with van der Waals surface area (Å²) in [5.41, 5.74) is 2.63. The molecule has 0 saturated heterocycles. The van der Waals surface area contributed by atoms with Gasteiger partial charge in [0.2, 0.25) is 0 Å². The summed E-state index contributed by atoms with van der Waals surface area (Å²) in [7, 11) is 0. The molecule has 0 aromatic heterocycles. The number of hydrogen-bond donors (Lipinski definition) is 1. The number of allylic oxidation sites excluding steroid dienone is 2. The van der Waals surface area contributed by atoms with Gasteiger partial charge in [-0.2, -0.15) is 0 Å². The predicted molar refractivity (Wildman–Crippen MR) is 103 cm³/mol. The molecule has 1 aliphatic rings. The van der Waals surface area contributed by atoms with Crippen LogP contribution < -0.4 is 4.74 Å². The molecule has 2 rings (SSSR count). The van der Waals surface area contributed by atoms with Crippen molar-refractivity contribution in [2.24, 2.45) is 0 Å². The summed E-state index contributed by atoms with van der Waals surface area (Å²) in [5, 5.41) is 9.40. The maximum absolute atomic E-state index is 11.5. The Bertz CT molecular complexity index is 545. The third kappa shape index (κ3) is 6.93. The van der Waals surface area contributed by atoms with Crippen molar-refractivity contribution in [1.82, 2.24) is 0 Å². The van der Waals surface area contributed by atoms with Crippen LogP contribution in [0.2, 0.25) is 0 Å². The van der Waals surface area contributed by atoms with Gasteiger partial charge in [-0.25, -0.2) is 4.79 Å². The summed E-state index contributed by atoms with van der Waals surface area (Å²) in [5.74, 6) is -0.217. The molecule has 0 saturated carbocycles. The Balaban J connectivity index is 1.82. The van der Waals surface area contributed by atoms with Crippen LogP contribution in [-0.2, 0) is 4.79 Å². The lowest BCUT2D eigenvalue weighted by molar-refractivity contribution is -0.145. The van der Waals surface area contributed by atoms with Crippen LogP contribution in [0.25, 0.3) is 5.57 Å². The first-order chi connectivity index (χ1) is 12.2. The zero-order valence-electron chi connectivity index (χ0n) is 15.5. The van der Waals surface area contributed by atoms with E-state index in [1.54, 1.807) is 0 Å². The van der Waals surface area contributed by atoms with Crippen molar-refractivity contribution in [2.75, 3.05) is 0 Å². The van der Waals surface area contributed by atoms with Crippen molar-refractivity contribution in [1.29, 1.82) is 0 Å². The standard InChI is InChI=1S/C22H32O3/c1-2-3-4-5-6-10-13-21(22(23)24)25-20-16-14-19(15-17-20)18-11-8-7-9-12-18/h11,14-17,21H,2-10,12-13H2,1H3,(H,23,24). The van der Waals surface area contributed by atoms with Gasteiger partial charge < -0.3 is 9.84 Å². The van der Waals surface area contributed by atoms with Crippen molar-refractivity contribution in [3.05, 3.63) is 35.9 Å². The van der Waals surface area contributed by atoms with Gasteiger partial charge in [0.15, 0.2) is 6.10 Å². The average molecular weight is 344 g/mol. The van der Waals surface area contributed by atoms with E-state index in [0.29, 0.717) is 12.2 Å². The highest BCUT2D eigenvalue weighted by Crippen LogP contribution is 2.28. The monoisotopic (exact) mass is 344 g/mol. The molecule has 1 aromatic rings. The second kappa shape index (κ2) is 11.0. The minimum absolute atomic E-state index is 0.578. The summed E-state index contributed by atoms with van der Waals surface area (Å²) in [6.07, 6.45) is 13.9. The van der Waals surface area contributed by atoms with Crippen LogP contribution in [0.1, 0.15) is 83.1 Å². The second-order valence-corrected chi connectivity index (χ2v) is 7.00. The Morgan fingerprint density at radius 3 is 2.44 bits per heavy atom. The molecule has 0 aliphatic heterocycles. The summed E-state index contributed by atoms with van der Waals surface area (Å²) < 4.78 is 5.73. The highest BCUT2D eigenvalue weighted by molar-refractivity contribution is 5.73. The first kappa shape index (κ1) is 19.6. The van der Waals surface area contributed by atoms with Crippen LogP contribution in [0.3, 0.4) is 0 Å². The van der Waals surface area contributed by atoms with E-state index in [2.05, 4.69) is 25.1 Å². The van der Waals surface area contributed by atoms with Crippen molar-refractivity contribution >= 4 is 11.5 Å². The fourth-order valence-corrected chi connectivity index (χ4v) is 3.36. The largest absolute Gasteiger partial charge is 0.479 e. The Labute approximate surface area is 152 Å². The van der Waals surface area contributed by atoms with Crippen LogP contribution in [0.15, 0.2) is 30.3 Å². The summed E-state index contributed by atoms with van der Waals surface area (Å²) in [6, 6.07) is 7.91. The molecule has 25 heavy (non-hydrogen) atoms. The lowest BCUT2D eigenvalue weighted by Gasteiger charge is -2.16. The van der Waals surface area contributed by atoms with Gasteiger partial charge in [-0.05, 0) is 61.8 Å². The lowest BCUT2D eigenvalue weighted by Crippen LogP contribution is -2.26. The molecule has 0 fully saturated rings. The third-order valence-corrected chi connectivity index (χ3v) is 4.89. The molecule has 1 atom stereocenters. The number of benzene rings is 1.